The SMILES string of the molecule is C[C@H](O)[C@H](N)C(=O)N1CCC[C@H]1C(N)=O. The fourth-order valence-electron chi connectivity index (χ4n) is 1.72. The molecule has 0 bridgehead atoms. The highest BCUT2D eigenvalue weighted by molar-refractivity contribution is 5.89. The zero-order valence-electron chi connectivity index (χ0n) is 8.72. The van der Waals surface area contributed by atoms with Gasteiger partial charge in [-0.3, -0.25) is 9.59 Å². The molecule has 1 rings (SSSR count). The summed E-state index contributed by atoms with van der Waals surface area (Å²) < 4.78 is 0. The molecule has 1 aliphatic heterocycles. The standard InChI is InChI=1S/C9H17N3O3/c1-5(13)7(10)9(15)12-4-2-3-6(12)8(11)14/h5-7,13H,2-4,10H2,1H3,(H2,11,14)/t5-,6-,7-/m0/s1. The number of aliphatic hydroxyl groups excluding tert-OH is 1. The predicted molar refractivity (Wildman–Crippen MR) is 53.6 cm³/mol. The van der Waals surface area contributed by atoms with Gasteiger partial charge in [0.1, 0.15) is 12.1 Å². The number of amides is 2. The van der Waals surface area contributed by atoms with Gasteiger partial charge in [-0.2, -0.15) is 0 Å². The summed E-state index contributed by atoms with van der Waals surface area (Å²) >= 11 is 0. The molecule has 1 heterocycles. The Kier molecular flexibility index (Phi) is 3.65. The molecule has 0 aliphatic carbocycles. The Morgan fingerprint density at radius 3 is 2.60 bits per heavy atom. The second-order valence-electron chi connectivity index (χ2n) is 3.86. The highest BCUT2D eigenvalue weighted by atomic mass is 16.3. The van der Waals surface area contributed by atoms with Gasteiger partial charge in [0.15, 0.2) is 0 Å². The van der Waals surface area contributed by atoms with Gasteiger partial charge >= 0.3 is 0 Å². The molecule has 0 radical (unpaired) electrons. The molecule has 1 saturated heterocycles. The van der Waals surface area contributed by atoms with Crippen molar-refractivity contribution in [1.29, 1.82) is 0 Å². The van der Waals surface area contributed by atoms with Crippen molar-refractivity contribution in [1.82, 2.24) is 4.90 Å². The van der Waals surface area contributed by atoms with Gasteiger partial charge in [-0.15, -0.1) is 0 Å². The Morgan fingerprint density at radius 2 is 2.13 bits per heavy atom. The van der Waals surface area contributed by atoms with Gasteiger partial charge < -0.3 is 21.5 Å². The van der Waals surface area contributed by atoms with E-state index in [1.807, 2.05) is 0 Å². The highest BCUT2D eigenvalue weighted by Crippen LogP contribution is 2.18. The third-order valence-electron chi connectivity index (χ3n) is 2.67. The van der Waals surface area contributed by atoms with Gasteiger partial charge in [0, 0.05) is 6.54 Å². The molecule has 0 aromatic rings. The molecule has 2 amide bonds. The smallest absolute Gasteiger partial charge is 0.242 e. The van der Waals surface area contributed by atoms with Crippen LogP contribution in [0.2, 0.25) is 0 Å². The summed E-state index contributed by atoms with van der Waals surface area (Å²) in [7, 11) is 0. The number of nitrogens with two attached hydrogens (primary N) is 2. The van der Waals surface area contributed by atoms with E-state index in [1.165, 1.54) is 11.8 Å². The lowest BCUT2D eigenvalue weighted by molar-refractivity contribution is -0.140. The largest absolute Gasteiger partial charge is 0.391 e. The molecular formula is C9H17N3O3. The molecule has 0 unspecified atom stereocenters. The second kappa shape index (κ2) is 4.59. The van der Waals surface area contributed by atoms with Crippen molar-refractivity contribution >= 4 is 11.8 Å². The third kappa shape index (κ3) is 2.45. The van der Waals surface area contributed by atoms with Crippen LogP contribution in [0.3, 0.4) is 0 Å². The quantitative estimate of drug-likeness (QED) is 0.514. The lowest BCUT2D eigenvalue weighted by atomic mass is 10.1. The first kappa shape index (κ1) is 11.9. The summed E-state index contributed by atoms with van der Waals surface area (Å²) in [5.74, 6) is -0.926. The molecule has 15 heavy (non-hydrogen) atoms. The van der Waals surface area contributed by atoms with Crippen LogP contribution in [0.5, 0.6) is 0 Å². The van der Waals surface area contributed by atoms with E-state index in [9.17, 15) is 14.7 Å². The van der Waals surface area contributed by atoms with Gasteiger partial charge in [0.25, 0.3) is 0 Å². The Hall–Kier alpha value is -1.14. The van der Waals surface area contributed by atoms with E-state index in [0.29, 0.717) is 13.0 Å². The lowest BCUT2D eigenvalue weighted by Crippen LogP contribution is -2.53. The molecule has 3 atom stereocenters. The predicted octanol–water partition coefficient (Wildman–Crippen LogP) is -1.83. The number of hydrogen-bond acceptors (Lipinski definition) is 4. The van der Waals surface area contributed by atoms with E-state index in [0.717, 1.165) is 6.42 Å². The first-order chi connectivity index (χ1) is 6.95. The van der Waals surface area contributed by atoms with E-state index in [2.05, 4.69) is 0 Å². The average molecular weight is 215 g/mol. The van der Waals surface area contributed by atoms with Crippen molar-refractivity contribution in [3.05, 3.63) is 0 Å². The number of aliphatic hydroxyl groups is 1. The zero-order valence-corrected chi connectivity index (χ0v) is 8.72. The zero-order chi connectivity index (χ0) is 11.6. The fourth-order valence-corrected chi connectivity index (χ4v) is 1.72. The van der Waals surface area contributed by atoms with Crippen molar-refractivity contribution in [2.45, 2.75) is 38.0 Å². The minimum Gasteiger partial charge on any atom is -0.391 e. The topological polar surface area (TPSA) is 110 Å². The van der Waals surface area contributed by atoms with E-state index in [1.54, 1.807) is 0 Å². The summed E-state index contributed by atoms with van der Waals surface area (Å²) in [6, 6.07) is -1.55. The molecule has 6 heteroatoms. The van der Waals surface area contributed by atoms with Crippen molar-refractivity contribution in [2.24, 2.45) is 11.5 Å². The van der Waals surface area contributed by atoms with Gasteiger partial charge in [-0.05, 0) is 19.8 Å². The van der Waals surface area contributed by atoms with Crippen LogP contribution in [0.25, 0.3) is 0 Å². The maximum Gasteiger partial charge on any atom is 0.242 e. The summed E-state index contributed by atoms with van der Waals surface area (Å²) in [4.78, 5) is 24.1. The van der Waals surface area contributed by atoms with E-state index in [4.69, 9.17) is 11.5 Å². The number of likely N-dealkylation sites (tertiary alicyclic amines) is 1. The molecule has 86 valence electrons. The number of carbonyl (C=O) groups excluding carboxylic acids is 2. The average Bonchev–Trinajstić information content (AvgIpc) is 2.63. The van der Waals surface area contributed by atoms with E-state index < -0.39 is 30.0 Å². The molecular weight excluding hydrogens is 198 g/mol. The number of hydrogen-bond donors (Lipinski definition) is 3. The van der Waals surface area contributed by atoms with Crippen molar-refractivity contribution in [3.8, 4) is 0 Å². The first-order valence-corrected chi connectivity index (χ1v) is 4.98. The van der Waals surface area contributed by atoms with Crippen LogP contribution in [0, 0.1) is 0 Å². The number of primary amides is 1. The fraction of sp³-hybridized carbons (Fsp3) is 0.778. The van der Waals surface area contributed by atoms with Crippen LogP contribution in [0.1, 0.15) is 19.8 Å². The Morgan fingerprint density at radius 1 is 1.53 bits per heavy atom. The van der Waals surface area contributed by atoms with Crippen molar-refractivity contribution in [2.75, 3.05) is 6.54 Å². The first-order valence-electron chi connectivity index (χ1n) is 4.98. The summed E-state index contributed by atoms with van der Waals surface area (Å²) in [6.45, 7) is 1.92. The molecule has 0 spiro atoms. The number of carbonyl (C=O) groups is 2. The van der Waals surface area contributed by atoms with Gasteiger partial charge in [0.2, 0.25) is 11.8 Å². The molecule has 0 aromatic heterocycles. The molecule has 0 saturated carbocycles. The van der Waals surface area contributed by atoms with Gasteiger partial charge in [0.05, 0.1) is 6.10 Å². The number of nitrogens with zero attached hydrogens (tertiary/aromatic N) is 1. The van der Waals surface area contributed by atoms with Crippen LogP contribution in [-0.2, 0) is 9.59 Å². The van der Waals surface area contributed by atoms with Crippen LogP contribution < -0.4 is 11.5 Å². The summed E-state index contributed by atoms with van der Waals surface area (Å²) in [6.07, 6.45) is 0.395. The molecule has 1 aliphatic rings. The van der Waals surface area contributed by atoms with Gasteiger partial charge in [-0.1, -0.05) is 0 Å². The second-order valence-corrected chi connectivity index (χ2v) is 3.86. The Bertz CT molecular complexity index is 267. The third-order valence-corrected chi connectivity index (χ3v) is 2.67. The highest BCUT2D eigenvalue weighted by Gasteiger charge is 2.35. The summed E-state index contributed by atoms with van der Waals surface area (Å²) in [5, 5.41) is 9.19. The molecule has 6 nitrogen and oxygen atoms in total. The molecule has 5 N–H and O–H groups in total. The van der Waals surface area contributed by atoms with Crippen LogP contribution in [0.15, 0.2) is 0 Å². The minimum absolute atomic E-state index is 0.411. The van der Waals surface area contributed by atoms with Crippen LogP contribution >= 0.6 is 0 Å². The van der Waals surface area contributed by atoms with E-state index in [-0.39, 0.29) is 0 Å². The maximum absolute atomic E-state index is 11.7. The molecule has 1 fully saturated rings. The van der Waals surface area contributed by atoms with Gasteiger partial charge in [-0.25, -0.2) is 0 Å². The van der Waals surface area contributed by atoms with Crippen molar-refractivity contribution in [3.63, 3.8) is 0 Å². The lowest BCUT2D eigenvalue weighted by Gasteiger charge is -2.26. The number of rotatable bonds is 3. The Labute approximate surface area is 88.2 Å². The minimum atomic E-state index is -0.982. The van der Waals surface area contributed by atoms with Crippen LogP contribution in [-0.4, -0.2) is 46.6 Å². The molecule has 0 aromatic carbocycles. The maximum atomic E-state index is 11.7. The van der Waals surface area contributed by atoms with Crippen molar-refractivity contribution < 1.29 is 14.7 Å². The normalized spacial score (nSPS) is 25.0. The van der Waals surface area contributed by atoms with E-state index >= 15 is 0 Å². The Balaban J connectivity index is 2.70. The monoisotopic (exact) mass is 215 g/mol. The van der Waals surface area contributed by atoms with Crippen LogP contribution in [0.4, 0.5) is 0 Å². The summed E-state index contributed by atoms with van der Waals surface area (Å²) in [5.41, 5.74) is 10.7.